The minimum absolute atomic E-state index is 0.174. The number of aliphatic imine (C=N–C) groups is 2. The second-order valence-electron chi connectivity index (χ2n) is 14.2. The van der Waals surface area contributed by atoms with E-state index >= 15 is 0 Å². The fraction of sp³-hybridized carbons (Fsp3) is 0.326. The molecule has 314 valence electrons. The summed E-state index contributed by atoms with van der Waals surface area (Å²) in [6.07, 6.45) is 11.8. The van der Waals surface area contributed by atoms with Crippen LogP contribution in [0.2, 0.25) is 0 Å². The van der Waals surface area contributed by atoms with E-state index in [9.17, 15) is 14.4 Å². The number of hydrogen-bond donors (Lipinski definition) is 0. The van der Waals surface area contributed by atoms with E-state index in [-0.39, 0.29) is 50.3 Å². The van der Waals surface area contributed by atoms with E-state index in [0.29, 0.717) is 64.8 Å². The Kier molecular flexibility index (Phi) is 12.9. The molecule has 0 N–H and O–H groups in total. The van der Waals surface area contributed by atoms with E-state index in [1.807, 2.05) is 36.5 Å². The molecule has 0 bridgehead atoms. The minimum Gasteiger partial charge on any atom is -0.497 e. The number of carbonyl (C=O) groups is 3. The molecule has 0 aromatic heterocycles. The van der Waals surface area contributed by atoms with Crippen molar-refractivity contribution in [2.24, 2.45) is 9.98 Å². The molecule has 3 aromatic carbocycles. The molecule has 0 radical (unpaired) electrons. The van der Waals surface area contributed by atoms with Crippen molar-refractivity contribution in [3.63, 3.8) is 0 Å². The van der Waals surface area contributed by atoms with Crippen molar-refractivity contribution in [1.82, 2.24) is 14.7 Å². The highest BCUT2D eigenvalue weighted by Gasteiger charge is 2.35. The molecule has 14 nitrogen and oxygen atoms in total. The summed E-state index contributed by atoms with van der Waals surface area (Å²) in [6.45, 7) is 0.410. The van der Waals surface area contributed by atoms with Crippen molar-refractivity contribution >= 4 is 82.1 Å². The number of hydrogen-bond acceptors (Lipinski definition) is 11. The Bertz CT molecular complexity index is 2310. The van der Waals surface area contributed by atoms with Crippen LogP contribution in [0.25, 0.3) is 5.57 Å². The Morgan fingerprint density at radius 2 is 1.37 bits per heavy atom. The number of amides is 3. The van der Waals surface area contributed by atoms with Crippen LogP contribution in [0, 0.1) is 0 Å². The van der Waals surface area contributed by atoms with Crippen LogP contribution >= 0.6 is 34.8 Å². The van der Waals surface area contributed by atoms with E-state index in [2.05, 4.69) is 4.99 Å². The second kappa shape index (κ2) is 18.3. The van der Waals surface area contributed by atoms with Crippen LogP contribution in [0.15, 0.2) is 88.6 Å². The highest BCUT2D eigenvalue weighted by Crippen LogP contribution is 2.41. The van der Waals surface area contributed by atoms with Gasteiger partial charge in [0.25, 0.3) is 11.8 Å². The normalized spacial score (nSPS) is 17.9. The third-order valence-corrected chi connectivity index (χ3v) is 10.4. The number of halogens is 3. The molecule has 2 atom stereocenters. The summed E-state index contributed by atoms with van der Waals surface area (Å²) in [6, 6.07) is 14.0. The maximum atomic E-state index is 13.8. The zero-order chi connectivity index (χ0) is 42.6. The number of carbonyl (C=O) groups excluding carboxylic acids is 3. The van der Waals surface area contributed by atoms with E-state index in [4.69, 9.17) is 68.2 Å². The third kappa shape index (κ3) is 9.51. The van der Waals surface area contributed by atoms with Gasteiger partial charge < -0.3 is 43.1 Å². The maximum absolute atomic E-state index is 13.8. The van der Waals surface area contributed by atoms with Gasteiger partial charge in [0.05, 0.1) is 69.1 Å². The zero-order valence-corrected chi connectivity index (χ0v) is 35.5. The van der Waals surface area contributed by atoms with Gasteiger partial charge >= 0.3 is 6.09 Å². The average molecular weight is 879 g/mol. The molecule has 3 aromatic rings. The number of nitrogens with zero attached hydrogens (tertiary/aromatic N) is 5. The van der Waals surface area contributed by atoms with E-state index in [1.165, 1.54) is 19.1 Å². The third-order valence-electron chi connectivity index (χ3n) is 10.1. The molecule has 0 unspecified atom stereocenters. The largest absolute Gasteiger partial charge is 0.497 e. The summed E-state index contributed by atoms with van der Waals surface area (Å²) < 4.78 is 32.0. The van der Waals surface area contributed by atoms with Gasteiger partial charge in [-0.15, -0.1) is 0 Å². The molecule has 0 spiro atoms. The van der Waals surface area contributed by atoms with Crippen molar-refractivity contribution in [2.45, 2.75) is 35.1 Å². The first-order valence-corrected chi connectivity index (χ1v) is 20.1. The molecule has 0 fully saturated rings. The van der Waals surface area contributed by atoms with Crippen LogP contribution in [0.5, 0.6) is 28.7 Å². The lowest BCUT2D eigenvalue weighted by Gasteiger charge is -2.19. The second-order valence-corrected chi connectivity index (χ2v) is 16.7. The highest BCUT2D eigenvalue weighted by atomic mass is 35.6. The van der Waals surface area contributed by atoms with Gasteiger partial charge in [-0.3, -0.25) is 19.6 Å². The quantitative estimate of drug-likeness (QED) is 0.115. The summed E-state index contributed by atoms with van der Waals surface area (Å²) in [5.74, 6) is 2.03. The average Bonchev–Trinajstić information content (AvgIpc) is 3.81. The zero-order valence-electron chi connectivity index (χ0n) is 33.2. The van der Waals surface area contributed by atoms with Gasteiger partial charge in [-0.25, -0.2) is 4.79 Å². The van der Waals surface area contributed by atoms with Crippen LogP contribution in [-0.4, -0.2) is 116 Å². The fourth-order valence-electron chi connectivity index (χ4n) is 7.01. The standard InChI is InChI=1S/C43H42Cl3N5O9/c1-49(42(54)60-25-43(44,45)46)12-5-7-26-15-29-21-47-34-19-38(36(56-3)17-32(34)40(52)50(29)23-26)58-13-6-14-59-39-20-35-33(18-37(39)57-4)41(53)51-24-28(16-30(51)22-48-35)27-8-10-31(55-2)11-9-27/h5,7-11,17-24,29-30H,6,12-16,25H2,1-4H3/b7-5+/t29-,30-/m0/s1. The molecule has 0 saturated heterocycles. The molecule has 60 heavy (non-hydrogen) atoms. The Labute approximate surface area is 362 Å². The van der Waals surface area contributed by atoms with Crippen LogP contribution in [-0.2, 0) is 4.74 Å². The van der Waals surface area contributed by atoms with Crippen molar-refractivity contribution in [3.8, 4) is 28.7 Å². The minimum atomic E-state index is -1.70. The van der Waals surface area contributed by atoms with E-state index < -0.39 is 9.89 Å². The number of fused-ring (bicyclic) bond motifs is 4. The lowest BCUT2D eigenvalue weighted by molar-refractivity contribution is 0.0809. The monoisotopic (exact) mass is 877 g/mol. The number of methoxy groups -OCH3 is 3. The first kappa shape index (κ1) is 42.4. The summed E-state index contributed by atoms with van der Waals surface area (Å²) in [5.41, 5.74) is 4.67. The van der Waals surface area contributed by atoms with Crippen LogP contribution < -0.4 is 23.7 Å². The van der Waals surface area contributed by atoms with Gasteiger partial charge in [0.1, 0.15) is 12.4 Å². The Balaban J connectivity index is 0.941. The first-order valence-electron chi connectivity index (χ1n) is 19.0. The molecule has 4 aliphatic rings. The van der Waals surface area contributed by atoms with Crippen LogP contribution in [0.3, 0.4) is 0 Å². The molecule has 4 aliphatic heterocycles. The molecule has 0 saturated carbocycles. The molecule has 4 heterocycles. The number of benzene rings is 3. The van der Waals surface area contributed by atoms with Crippen molar-refractivity contribution in [2.75, 3.05) is 54.7 Å². The van der Waals surface area contributed by atoms with Crippen molar-refractivity contribution in [3.05, 3.63) is 95.3 Å². The Morgan fingerprint density at radius 3 is 1.92 bits per heavy atom. The van der Waals surface area contributed by atoms with Gasteiger partial charge in [-0.05, 0) is 47.4 Å². The Hall–Kier alpha value is -5.70. The number of rotatable bonds is 14. The smallest absolute Gasteiger partial charge is 0.409 e. The van der Waals surface area contributed by atoms with Crippen molar-refractivity contribution in [1.29, 1.82) is 0 Å². The molecular formula is C43H42Cl3N5O9. The van der Waals surface area contributed by atoms with Gasteiger partial charge in [0.15, 0.2) is 23.0 Å². The lowest BCUT2D eigenvalue weighted by atomic mass is 10.0. The first-order chi connectivity index (χ1) is 28.8. The molecule has 3 amide bonds. The van der Waals surface area contributed by atoms with E-state index in [0.717, 1.165) is 22.5 Å². The number of likely N-dealkylation sites (N-methyl/N-ethyl adjacent to an activating group) is 1. The van der Waals surface area contributed by atoms with Crippen LogP contribution in [0.4, 0.5) is 16.2 Å². The number of alkyl halides is 3. The Morgan fingerprint density at radius 1 is 0.800 bits per heavy atom. The summed E-state index contributed by atoms with van der Waals surface area (Å²) >= 11 is 17.0. The predicted molar refractivity (Wildman–Crippen MR) is 230 cm³/mol. The predicted octanol–water partition coefficient (Wildman–Crippen LogP) is 8.34. The SMILES string of the molecule is COc1ccc(C2=CN3C(=O)c4cc(OC)c(OCCCOc5cc6c(cc5OC)C(=O)N5C=C(/C=C/CN(C)C(=O)OCC(Cl)(Cl)Cl)C[C@H]5C=N6)cc4N=C[C@@H]3C2)cc1. The molecule has 7 rings (SSSR count). The highest BCUT2D eigenvalue weighted by molar-refractivity contribution is 6.67. The fourth-order valence-corrected chi connectivity index (χ4v) is 7.17. The van der Waals surface area contributed by atoms with Gasteiger partial charge in [0.2, 0.25) is 3.79 Å². The summed E-state index contributed by atoms with van der Waals surface area (Å²) in [4.78, 5) is 53.7. The lowest BCUT2D eigenvalue weighted by Crippen LogP contribution is -2.32. The van der Waals surface area contributed by atoms with Crippen LogP contribution in [0.1, 0.15) is 45.5 Å². The number of ether oxygens (including phenoxy) is 6. The van der Waals surface area contributed by atoms with Crippen molar-refractivity contribution < 1.29 is 42.8 Å². The summed E-state index contributed by atoms with van der Waals surface area (Å²) in [5, 5.41) is 0. The maximum Gasteiger partial charge on any atom is 0.409 e. The molecular weight excluding hydrogens is 837 g/mol. The van der Waals surface area contributed by atoms with Gasteiger partial charge in [-0.1, -0.05) is 59.1 Å². The van der Waals surface area contributed by atoms with Gasteiger partial charge in [-0.2, -0.15) is 0 Å². The van der Waals surface area contributed by atoms with Gasteiger partial charge in [0, 0.05) is 63.4 Å². The summed E-state index contributed by atoms with van der Waals surface area (Å²) in [7, 11) is 6.22. The molecule has 0 aliphatic carbocycles. The molecule has 17 heteroatoms. The van der Waals surface area contributed by atoms with E-state index in [1.54, 1.807) is 72.9 Å². The topological polar surface area (TPSA) is 141 Å². The number of allylic oxidation sites excluding steroid dienone is 1.